The third kappa shape index (κ3) is 3.08. The number of hydrogen-bond donors (Lipinski definition) is 0. The molecule has 106 valence electrons. The smallest absolute Gasteiger partial charge is 0.251 e. The summed E-state index contributed by atoms with van der Waals surface area (Å²) in [5.41, 5.74) is 1.82. The Morgan fingerprint density at radius 2 is 1.90 bits per heavy atom. The SMILES string of the molecule is Cc1oc(-c2ccccc2)nc1CSc1cccc[n+]1[O-]. The number of pyridine rings is 1. The van der Waals surface area contributed by atoms with Gasteiger partial charge < -0.3 is 9.62 Å². The molecule has 0 atom stereocenters. The van der Waals surface area contributed by atoms with Crippen LogP contribution in [-0.4, -0.2) is 4.98 Å². The molecule has 0 amide bonds. The van der Waals surface area contributed by atoms with Gasteiger partial charge in [0.05, 0.1) is 5.69 Å². The van der Waals surface area contributed by atoms with Crippen molar-refractivity contribution in [3.63, 3.8) is 0 Å². The number of hydrogen-bond acceptors (Lipinski definition) is 4. The molecular weight excluding hydrogens is 284 g/mol. The Morgan fingerprint density at radius 3 is 2.67 bits per heavy atom. The highest BCUT2D eigenvalue weighted by atomic mass is 32.2. The molecule has 4 nitrogen and oxygen atoms in total. The van der Waals surface area contributed by atoms with Crippen LogP contribution in [-0.2, 0) is 5.75 Å². The quantitative estimate of drug-likeness (QED) is 0.420. The zero-order valence-corrected chi connectivity index (χ0v) is 12.3. The molecule has 0 saturated carbocycles. The summed E-state index contributed by atoms with van der Waals surface area (Å²) < 4.78 is 6.57. The molecule has 0 N–H and O–H groups in total. The van der Waals surface area contributed by atoms with Crippen LogP contribution >= 0.6 is 11.8 Å². The molecule has 0 aliphatic rings. The summed E-state index contributed by atoms with van der Waals surface area (Å²) in [6, 6.07) is 15.1. The maximum absolute atomic E-state index is 11.6. The maximum Gasteiger partial charge on any atom is 0.251 e. The molecule has 0 radical (unpaired) electrons. The molecule has 0 unspecified atom stereocenters. The van der Waals surface area contributed by atoms with E-state index in [1.54, 1.807) is 12.1 Å². The first kappa shape index (κ1) is 13.7. The first-order chi connectivity index (χ1) is 10.2. The van der Waals surface area contributed by atoms with E-state index in [9.17, 15) is 5.21 Å². The van der Waals surface area contributed by atoms with E-state index in [0.29, 0.717) is 16.7 Å². The monoisotopic (exact) mass is 298 g/mol. The van der Waals surface area contributed by atoms with Gasteiger partial charge in [-0.1, -0.05) is 18.2 Å². The number of rotatable bonds is 4. The zero-order valence-electron chi connectivity index (χ0n) is 11.5. The highest BCUT2D eigenvalue weighted by Crippen LogP contribution is 2.26. The minimum absolute atomic E-state index is 0.606. The molecule has 0 spiro atoms. The van der Waals surface area contributed by atoms with Gasteiger partial charge in [0.15, 0.2) is 6.20 Å². The first-order valence-corrected chi connectivity index (χ1v) is 7.55. The summed E-state index contributed by atoms with van der Waals surface area (Å²) in [5.74, 6) is 2.01. The van der Waals surface area contributed by atoms with Crippen LogP contribution in [0.5, 0.6) is 0 Å². The highest BCUT2D eigenvalue weighted by Gasteiger charge is 2.13. The summed E-state index contributed by atoms with van der Waals surface area (Å²) in [4.78, 5) is 4.53. The van der Waals surface area contributed by atoms with Gasteiger partial charge in [0.25, 0.3) is 5.03 Å². The van der Waals surface area contributed by atoms with Crippen LogP contribution in [0, 0.1) is 12.1 Å². The number of benzene rings is 1. The minimum Gasteiger partial charge on any atom is -0.618 e. The van der Waals surface area contributed by atoms with Gasteiger partial charge in [-0.05, 0) is 36.9 Å². The molecule has 2 aromatic heterocycles. The highest BCUT2D eigenvalue weighted by molar-refractivity contribution is 7.98. The van der Waals surface area contributed by atoms with E-state index in [1.807, 2.05) is 43.3 Å². The summed E-state index contributed by atoms with van der Waals surface area (Å²) in [6.07, 6.45) is 1.49. The van der Waals surface area contributed by atoms with E-state index in [-0.39, 0.29) is 0 Å². The van der Waals surface area contributed by atoms with Crippen molar-refractivity contribution in [3.8, 4) is 11.5 Å². The van der Waals surface area contributed by atoms with Gasteiger partial charge in [0.2, 0.25) is 5.89 Å². The molecule has 0 bridgehead atoms. The predicted octanol–water partition coefficient (Wildman–Crippen LogP) is 3.58. The van der Waals surface area contributed by atoms with E-state index >= 15 is 0 Å². The lowest BCUT2D eigenvalue weighted by Gasteiger charge is -2.01. The summed E-state index contributed by atoms with van der Waals surface area (Å²) in [5, 5.41) is 12.3. The Kier molecular flexibility index (Phi) is 3.92. The molecule has 2 heterocycles. The first-order valence-electron chi connectivity index (χ1n) is 6.57. The van der Waals surface area contributed by atoms with Crippen molar-refractivity contribution in [1.82, 2.24) is 4.98 Å². The van der Waals surface area contributed by atoms with Crippen molar-refractivity contribution < 1.29 is 9.15 Å². The lowest BCUT2D eigenvalue weighted by Crippen LogP contribution is -2.27. The Morgan fingerprint density at radius 1 is 1.14 bits per heavy atom. The van der Waals surface area contributed by atoms with E-state index in [1.165, 1.54) is 18.0 Å². The Bertz CT molecular complexity index is 741. The third-order valence-electron chi connectivity index (χ3n) is 3.06. The van der Waals surface area contributed by atoms with Gasteiger partial charge in [0.1, 0.15) is 5.76 Å². The molecular formula is C16H14N2O2S. The fourth-order valence-electron chi connectivity index (χ4n) is 1.93. The number of aromatic nitrogens is 2. The lowest BCUT2D eigenvalue weighted by molar-refractivity contribution is -0.645. The van der Waals surface area contributed by atoms with Crippen LogP contribution in [0.3, 0.4) is 0 Å². The number of nitrogens with zero attached hydrogens (tertiary/aromatic N) is 2. The van der Waals surface area contributed by atoms with Crippen molar-refractivity contribution in [2.75, 3.05) is 0 Å². The van der Waals surface area contributed by atoms with Crippen molar-refractivity contribution in [2.45, 2.75) is 17.7 Å². The molecule has 0 saturated heterocycles. The minimum atomic E-state index is 0.606. The van der Waals surface area contributed by atoms with Gasteiger partial charge in [-0.25, -0.2) is 4.98 Å². The van der Waals surface area contributed by atoms with E-state index in [0.717, 1.165) is 21.7 Å². The molecule has 21 heavy (non-hydrogen) atoms. The second-order valence-corrected chi connectivity index (χ2v) is 5.54. The summed E-state index contributed by atoms with van der Waals surface area (Å²) >= 11 is 1.45. The number of aryl methyl sites for hydroxylation is 1. The second kappa shape index (κ2) is 6.01. The van der Waals surface area contributed by atoms with Gasteiger partial charge in [-0.2, -0.15) is 4.73 Å². The van der Waals surface area contributed by atoms with Gasteiger partial charge >= 0.3 is 0 Å². The van der Waals surface area contributed by atoms with E-state index in [2.05, 4.69) is 4.98 Å². The predicted molar refractivity (Wildman–Crippen MR) is 81.6 cm³/mol. The average molecular weight is 298 g/mol. The van der Waals surface area contributed by atoms with E-state index in [4.69, 9.17) is 4.42 Å². The van der Waals surface area contributed by atoms with Crippen LogP contribution in [0.25, 0.3) is 11.5 Å². The van der Waals surface area contributed by atoms with Crippen molar-refractivity contribution >= 4 is 11.8 Å². The summed E-state index contributed by atoms with van der Waals surface area (Å²) in [6.45, 7) is 1.89. The van der Waals surface area contributed by atoms with Crippen molar-refractivity contribution in [2.24, 2.45) is 0 Å². The zero-order chi connectivity index (χ0) is 14.7. The molecule has 0 aliphatic carbocycles. The molecule has 1 aromatic carbocycles. The lowest BCUT2D eigenvalue weighted by atomic mass is 10.2. The van der Waals surface area contributed by atoms with E-state index < -0.39 is 0 Å². The summed E-state index contributed by atoms with van der Waals surface area (Å²) in [7, 11) is 0. The second-order valence-electron chi connectivity index (χ2n) is 4.54. The van der Waals surface area contributed by atoms with Crippen LogP contribution in [0.15, 0.2) is 64.2 Å². The normalized spacial score (nSPS) is 10.7. The molecule has 3 rings (SSSR count). The van der Waals surface area contributed by atoms with Crippen LogP contribution in [0.4, 0.5) is 0 Å². The molecule has 0 aliphatic heterocycles. The maximum atomic E-state index is 11.6. The fraction of sp³-hybridized carbons (Fsp3) is 0.125. The van der Waals surface area contributed by atoms with Crippen molar-refractivity contribution in [3.05, 3.63) is 71.4 Å². The Hall–Kier alpha value is -2.27. The fourth-order valence-corrected chi connectivity index (χ4v) is 2.85. The van der Waals surface area contributed by atoms with Crippen LogP contribution in [0.2, 0.25) is 0 Å². The largest absolute Gasteiger partial charge is 0.618 e. The number of oxazole rings is 1. The van der Waals surface area contributed by atoms with Crippen molar-refractivity contribution in [1.29, 1.82) is 0 Å². The average Bonchev–Trinajstić information content (AvgIpc) is 2.89. The molecule has 5 heteroatoms. The van der Waals surface area contributed by atoms with Gasteiger partial charge in [0, 0.05) is 23.4 Å². The Labute approximate surface area is 127 Å². The van der Waals surface area contributed by atoms with Crippen LogP contribution < -0.4 is 4.73 Å². The van der Waals surface area contributed by atoms with Gasteiger partial charge in [-0.15, -0.1) is 0 Å². The van der Waals surface area contributed by atoms with Crippen LogP contribution in [0.1, 0.15) is 11.5 Å². The number of thioether (sulfide) groups is 1. The molecule has 3 aromatic rings. The topological polar surface area (TPSA) is 53.0 Å². The molecule has 0 fully saturated rings. The Balaban J connectivity index is 1.78. The third-order valence-corrected chi connectivity index (χ3v) is 4.09. The standard InChI is InChI=1S/C16H14N2O2S/c1-12-14(11-21-15-9-5-6-10-18(15)19)17-16(20-12)13-7-3-2-4-8-13/h2-10H,11H2,1H3. The van der Waals surface area contributed by atoms with Gasteiger partial charge in [-0.3, -0.25) is 0 Å².